The maximum Gasteiger partial charge on any atom is 0.307 e. The van der Waals surface area contributed by atoms with Crippen molar-refractivity contribution in [2.24, 2.45) is 5.92 Å². The number of carboxylic acids is 1. The second-order valence-electron chi connectivity index (χ2n) is 4.58. The average molecular weight is 206 g/mol. The summed E-state index contributed by atoms with van der Waals surface area (Å²) in [6, 6.07) is 0. The summed E-state index contributed by atoms with van der Waals surface area (Å²) in [5, 5.41) is 8.96. The van der Waals surface area contributed by atoms with Crippen LogP contribution in [0.4, 0.5) is 0 Å². The lowest BCUT2D eigenvalue weighted by molar-refractivity contribution is -0.142. The molecule has 15 heavy (non-hydrogen) atoms. The molecule has 1 saturated carbocycles. The average Bonchev–Trinajstić information content (AvgIpc) is 2.97. The van der Waals surface area contributed by atoms with Crippen molar-refractivity contribution in [1.82, 2.24) is 9.55 Å². The molecule has 1 aliphatic carbocycles. The minimum atomic E-state index is -0.683. The maximum atomic E-state index is 10.9. The number of carbonyl (C=O) groups is 1. The Kier molecular flexibility index (Phi) is 1.84. The summed E-state index contributed by atoms with van der Waals surface area (Å²) in [7, 11) is 0. The van der Waals surface area contributed by atoms with Gasteiger partial charge in [0.1, 0.15) is 5.82 Å². The second kappa shape index (κ2) is 3.08. The Hall–Kier alpha value is -1.32. The van der Waals surface area contributed by atoms with Crippen molar-refractivity contribution in [3.05, 3.63) is 17.7 Å². The number of aryl methyl sites for hydroxylation is 1. The fourth-order valence-corrected chi connectivity index (χ4v) is 2.24. The van der Waals surface area contributed by atoms with Crippen LogP contribution in [0.1, 0.15) is 36.7 Å². The zero-order chi connectivity index (χ0) is 10.4. The van der Waals surface area contributed by atoms with Crippen LogP contribution in [-0.4, -0.2) is 20.6 Å². The first kappa shape index (κ1) is 8.95. The van der Waals surface area contributed by atoms with Gasteiger partial charge in [0.2, 0.25) is 0 Å². The fourth-order valence-electron chi connectivity index (χ4n) is 2.24. The van der Waals surface area contributed by atoms with Crippen molar-refractivity contribution in [2.75, 3.05) is 0 Å². The molecule has 1 aromatic heterocycles. The van der Waals surface area contributed by atoms with E-state index in [1.807, 2.05) is 0 Å². The van der Waals surface area contributed by atoms with Crippen LogP contribution in [0.3, 0.4) is 0 Å². The lowest BCUT2D eigenvalue weighted by atomic mass is 9.98. The lowest BCUT2D eigenvalue weighted by Gasteiger charge is -2.19. The van der Waals surface area contributed by atoms with Crippen molar-refractivity contribution < 1.29 is 9.90 Å². The Morgan fingerprint density at radius 2 is 2.27 bits per heavy atom. The third-order valence-corrected chi connectivity index (χ3v) is 3.37. The highest BCUT2D eigenvalue weighted by molar-refractivity contribution is 5.70. The predicted octanol–water partition coefficient (Wildman–Crippen LogP) is 1.41. The van der Waals surface area contributed by atoms with Gasteiger partial charge in [0, 0.05) is 25.1 Å². The summed E-state index contributed by atoms with van der Waals surface area (Å²) in [5.41, 5.74) is 1.18. The molecule has 4 heteroatoms. The standard InChI is InChI=1S/C11H14N2O2/c14-11(15)8-3-4-13-6-9(7-1-2-7)12-10(13)5-8/h6-8H,1-5H2,(H,14,15). The second-order valence-corrected chi connectivity index (χ2v) is 4.58. The van der Waals surface area contributed by atoms with Crippen LogP contribution >= 0.6 is 0 Å². The third kappa shape index (κ3) is 1.54. The number of hydrogen-bond donors (Lipinski definition) is 1. The molecule has 0 amide bonds. The van der Waals surface area contributed by atoms with Gasteiger partial charge in [-0.05, 0) is 19.3 Å². The monoisotopic (exact) mass is 206 g/mol. The van der Waals surface area contributed by atoms with E-state index in [1.165, 1.54) is 18.5 Å². The van der Waals surface area contributed by atoms with Crippen molar-refractivity contribution in [3.8, 4) is 0 Å². The van der Waals surface area contributed by atoms with Gasteiger partial charge < -0.3 is 9.67 Å². The molecule has 80 valence electrons. The molecule has 0 spiro atoms. The molecule has 0 radical (unpaired) electrons. The zero-order valence-corrected chi connectivity index (χ0v) is 8.52. The van der Waals surface area contributed by atoms with Gasteiger partial charge in [-0.1, -0.05) is 0 Å². The van der Waals surface area contributed by atoms with Gasteiger partial charge in [-0.15, -0.1) is 0 Å². The predicted molar refractivity (Wildman–Crippen MR) is 53.6 cm³/mol. The maximum absolute atomic E-state index is 10.9. The van der Waals surface area contributed by atoms with E-state index < -0.39 is 5.97 Å². The van der Waals surface area contributed by atoms with Gasteiger partial charge in [-0.2, -0.15) is 0 Å². The summed E-state index contributed by atoms with van der Waals surface area (Å²) in [6.45, 7) is 0.812. The first-order valence-electron chi connectivity index (χ1n) is 5.53. The number of imidazole rings is 1. The van der Waals surface area contributed by atoms with E-state index in [1.54, 1.807) is 0 Å². The van der Waals surface area contributed by atoms with E-state index in [2.05, 4.69) is 15.7 Å². The molecule has 0 aromatic carbocycles. The molecular weight excluding hydrogens is 192 g/mol. The number of fused-ring (bicyclic) bond motifs is 1. The van der Waals surface area contributed by atoms with E-state index >= 15 is 0 Å². The molecule has 0 saturated heterocycles. The minimum Gasteiger partial charge on any atom is -0.481 e. The van der Waals surface area contributed by atoms with Gasteiger partial charge >= 0.3 is 5.97 Å². The molecule has 2 heterocycles. The Labute approximate surface area is 87.9 Å². The van der Waals surface area contributed by atoms with Crippen LogP contribution in [0, 0.1) is 5.92 Å². The van der Waals surface area contributed by atoms with E-state index in [0.29, 0.717) is 12.3 Å². The summed E-state index contributed by atoms with van der Waals surface area (Å²) in [6.07, 6.45) is 5.95. The van der Waals surface area contributed by atoms with Crippen LogP contribution in [0.15, 0.2) is 6.20 Å². The largest absolute Gasteiger partial charge is 0.481 e. The molecule has 1 N–H and O–H groups in total. The molecule has 0 bridgehead atoms. The summed E-state index contributed by atoms with van der Waals surface area (Å²) in [4.78, 5) is 15.4. The highest BCUT2D eigenvalue weighted by Crippen LogP contribution is 2.40. The van der Waals surface area contributed by atoms with Gasteiger partial charge in [0.15, 0.2) is 0 Å². The quantitative estimate of drug-likeness (QED) is 0.795. The van der Waals surface area contributed by atoms with Crippen molar-refractivity contribution in [3.63, 3.8) is 0 Å². The van der Waals surface area contributed by atoms with Gasteiger partial charge in [-0.3, -0.25) is 4.79 Å². The number of hydrogen-bond acceptors (Lipinski definition) is 2. The topological polar surface area (TPSA) is 55.1 Å². The fraction of sp³-hybridized carbons (Fsp3) is 0.636. The number of carboxylic acid groups (broad SMARTS) is 1. The Morgan fingerprint density at radius 1 is 1.47 bits per heavy atom. The van der Waals surface area contributed by atoms with E-state index in [-0.39, 0.29) is 5.92 Å². The van der Waals surface area contributed by atoms with Gasteiger partial charge in [0.05, 0.1) is 11.6 Å². The van der Waals surface area contributed by atoms with Crippen LogP contribution < -0.4 is 0 Å². The smallest absolute Gasteiger partial charge is 0.307 e. The molecule has 1 fully saturated rings. The Bertz CT molecular complexity index is 407. The molecular formula is C11H14N2O2. The van der Waals surface area contributed by atoms with Crippen LogP contribution in [0.5, 0.6) is 0 Å². The van der Waals surface area contributed by atoms with Gasteiger partial charge in [0.25, 0.3) is 0 Å². The molecule has 1 atom stereocenters. The molecule has 2 aliphatic rings. The molecule has 1 aromatic rings. The SMILES string of the molecule is O=C(O)C1CCn2cc(C3CC3)nc2C1. The summed E-state index contributed by atoms with van der Waals surface area (Å²) < 4.78 is 2.13. The van der Waals surface area contributed by atoms with Gasteiger partial charge in [-0.25, -0.2) is 4.98 Å². The number of rotatable bonds is 2. The lowest BCUT2D eigenvalue weighted by Crippen LogP contribution is -2.25. The molecule has 4 nitrogen and oxygen atoms in total. The number of aliphatic carboxylic acids is 1. The Balaban J connectivity index is 1.85. The third-order valence-electron chi connectivity index (χ3n) is 3.37. The molecule has 3 rings (SSSR count). The minimum absolute atomic E-state index is 0.230. The first-order chi connectivity index (χ1) is 7.24. The number of aromatic nitrogens is 2. The molecule has 1 unspecified atom stereocenters. The van der Waals surface area contributed by atoms with E-state index in [4.69, 9.17) is 5.11 Å². The van der Waals surface area contributed by atoms with Crippen molar-refractivity contribution in [2.45, 2.75) is 38.1 Å². The number of nitrogens with zero attached hydrogens (tertiary/aromatic N) is 2. The summed E-state index contributed by atoms with van der Waals surface area (Å²) >= 11 is 0. The zero-order valence-electron chi connectivity index (χ0n) is 8.52. The Morgan fingerprint density at radius 3 is 2.93 bits per heavy atom. The normalized spacial score (nSPS) is 24.9. The van der Waals surface area contributed by atoms with Crippen LogP contribution in [0.2, 0.25) is 0 Å². The molecule has 1 aliphatic heterocycles. The highest BCUT2D eigenvalue weighted by atomic mass is 16.4. The van der Waals surface area contributed by atoms with E-state index in [9.17, 15) is 4.79 Å². The van der Waals surface area contributed by atoms with E-state index in [0.717, 1.165) is 18.8 Å². The summed E-state index contributed by atoms with van der Waals surface area (Å²) in [5.74, 6) is 0.714. The van der Waals surface area contributed by atoms with Crippen LogP contribution in [-0.2, 0) is 17.8 Å². The van der Waals surface area contributed by atoms with Crippen molar-refractivity contribution in [1.29, 1.82) is 0 Å². The highest BCUT2D eigenvalue weighted by Gasteiger charge is 2.30. The van der Waals surface area contributed by atoms with Crippen molar-refractivity contribution >= 4 is 5.97 Å². The van der Waals surface area contributed by atoms with Crippen LogP contribution in [0.25, 0.3) is 0 Å². The first-order valence-corrected chi connectivity index (χ1v) is 5.53.